The lowest BCUT2D eigenvalue weighted by molar-refractivity contribution is 0.0180. The van der Waals surface area contributed by atoms with Gasteiger partial charge in [0.2, 0.25) is 5.76 Å². The van der Waals surface area contributed by atoms with Crippen molar-refractivity contribution in [2.75, 3.05) is 0 Å². The monoisotopic (exact) mass is 267 g/mol. The molecule has 1 heterocycles. The van der Waals surface area contributed by atoms with Gasteiger partial charge in [-0.25, -0.2) is 13.6 Å². The van der Waals surface area contributed by atoms with Crippen LogP contribution in [0, 0.1) is 6.92 Å². The summed E-state index contributed by atoms with van der Waals surface area (Å²) >= 11 is 0. The number of aromatic carboxylic acids is 1. The van der Waals surface area contributed by atoms with Crippen LogP contribution in [0.2, 0.25) is 0 Å². The van der Waals surface area contributed by atoms with Gasteiger partial charge in [-0.3, -0.25) is 0 Å². The van der Waals surface area contributed by atoms with Gasteiger partial charge in [-0.2, -0.15) is 0 Å². The Morgan fingerprint density at radius 1 is 1.37 bits per heavy atom. The molecule has 0 saturated carbocycles. The maximum atomic E-state index is 13.5. The summed E-state index contributed by atoms with van der Waals surface area (Å²) in [6.07, 6.45) is 0. The van der Waals surface area contributed by atoms with Crippen molar-refractivity contribution in [1.29, 1.82) is 0 Å². The SMILES string of the molecule is Cc1ccc(C(C)(F)F)c(-c2cc(C(=O)O)on2)c1. The average Bonchev–Trinajstić information content (AvgIpc) is 2.76. The smallest absolute Gasteiger partial charge is 0.374 e. The van der Waals surface area contributed by atoms with Gasteiger partial charge in [0.25, 0.3) is 5.92 Å². The van der Waals surface area contributed by atoms with E-state index in [-0.39, 0.29) is 22.6 Å². The fourth-order valence-corrected chi connectivity index (χ4v) is 1.76. The van der Waals surface area contributed by atoms with Gasteiger partial charge < -0.3 is 9.63 Å². The summed E-state index contributed by atoms with van der Waals surface area (Å²) in [7, 11) is 0. The van der Waals surface area contributed by atoms with E-state index < -0.39 is 11.9 Å². The van der Waals surface area contributed by atoms with E-state index in [0.717, 1.165) is 18.6 Å². The number of carboxylic acids is 1. The van der Waals surface area contributed by atoms with Crippen LogP contribution in [-0.2, 0) is 5.92 Å². The van der Waals surface area contributed by atoms with Gasteiger partial charge in [0.1, 0.15) is 5.69 Å². The van der Waals surface area contributed by atoms with Crippen LogP contribution in [0.25, 0.3) is 11.3 Å². The number of aryl methyl sites for hydroxylation is 1. The molecule has 1 aromatic heterocycles. The number of hydrogen-bond donors (Lipinski definition) is 1. The zero-order valence-corrected chi connectivity index (χ0v) is 10.3. The van der Waals surface area contributed by atoms with Crippen LogP contribution in [0.5, 0.6) is 0 Å². The zero-order chi connectivity index (χ0) is 14.2. The van der Waals surface area contributed by atoms with Crippen molar-refractivity contribution in [1.82, 2.24) is 5.16 Å². The van der Waals surface area contributed by atoms with Gasteiger partial charge in [-0.05, 0) is 13.0 Å². The molecule has 0 spiro atoms. The third-order valence-corrected chi connectivity index (χ3v) is 2.64. The second-order valence-corrected chi connectivity index (χ2v) is 4.32. The number of carboxylic acid groups (broad SMARTS) is 1. The average molecular weight is 267 g/mol. The van der Waals surface area contributed by atoms with Gasteiger partial charge in [0.05, 0.1) is 0 Å². The van der Waals surface area contributed by atoms with E-state index >= 15 is 0 Å². The maximum absolute atomic E-state index is 13.5. The van der Waals surface area contributed by atoms with Crippen molar-refractivity contribution in [2.24, 2.45) is 0 Å². The number of carbonyl (C=O) groups is 1. The summed E-state index contributed by atoms with van der Waals surface area (Å²) in [5.74, 6) is -4.73. The molecule has 2 rings (SSSR count). The van der Waals surface area contributed by atoms with Crippen molar-refractivity contribution in [3.8, 4) is 11.3 Å². The van der Waals surface area contributed by atoms with E-state index in [1.54, 1.807) is 13.0 Å². The minimum absolute atomic E-state index is 0.0811. The first kappa shape index (κ1) is 13.2. The van der Waals surface area contributed by atoms with Crippen LogP contribution >= 0.6 is 0 Å². The summed E-state index contributed by atoms with van der Waals surface area (Å²) in [6, 6.07) is 5.52. The standard InChI is InChI=1S/C13H11F2NO3/c1-7-3-4-9(13(2,14)15)8(5-7)10-6-11(12(17)18)19-16-10/h3-6H,1-2H3,(H,17,18). The van der Waals surface area contributed by atoms with E-state index in [2.05, 4.69) is 9.68 Å². The fourth-order valence-electron chi connectivity index (χ4n) is 1.76. The van der Waals surface area contributed by atoms with Crippen LogP contribution in [0.3, 0.4) is 0 Å². The largest absolute Gasteiger partial charge is 0.475 e. The van der Waals surface area contributed by atoms with Gasteiger partial charge in [0, 0.05) is 24.1 Å². The summed E-state index contributed by atoms with van der Waals surface area (Å²) in [6.45, 7) is 2.53. The van der Waals surface area contributed by atoms with Crippen LogP contribution in [-0.4, -0.2) is 16.2 Å². The highest BCUT2D eigenvalue weighted by Crippen LogP contribution is 2.35. The second-order valence-electron chi connectivity index (χ2n) is 4.32. The van der Waals surface area contributed by atoms with Gasteiger partial charge in [0.15, 0.2) is 0 Å². The third kappa shape index (κ3) is 2.62. The molecular formula is C13H11F2NO3. The normalized spacial score (nSPS) is 11.6. The molecule has 6 heteroatoms. The van der Waals surface area contributed by atoms with Crippen LogP contribution in [0.1, 0.15) is 28.6 Å². The molecule has 4 nitrogen and oxygen atoms in total. The Morgan fingerprint density at radius 3 is 2.58 bits per heavy atom. The molecular weight excluding hydrogens is 256 g/mol. The number of rotatable bonds is 3. The first-order valence-electron chi connectivity index (χ1n) is 5.48. The highest BCUT2D eigenvalue weighted by molar-refractivity contribution is 5.86. The molecule has 0 bridgehead atoms. The summed E-state index contributed by atoms with van der Waals surface area (Å²) in [4.78, 5) is 10.7. The minimum Gasteiger partial charge on any atom is -0.475 e. The molecule has 100 valence electrons. The molecule has 0 fully saturated rings. The molecule has 0 radical (unpaired) electrons. The van der Waals surface area contributed by atoms with E-state index in [9.17, 15) is 13.6 Å². The molecule has 0 aliphatic rings. The molecule has 0 atom stereocenters. The molecule has 0 amide bonds. The first-order chi connectivity index (χ1) is 8.79. The lowest BCUT2D eigenvalue weighted by Crippen LogP contribution is -2.09. The van der Waals surface area contributed by atoms with Gasteiger partial charge in [-0.15, -0.1) is 0 Å². The van der Waals surface area contributed by atoms with Crippen molar-refractivity contribution in [3.63, 3.8) is 0 Å². The Kier molecular flexibility index (Phi) is 3.09. The molecule has 1 N–H and O–H groups in total. The van der Waals surface area contributed by atoms with Gasteiger partial charge >= 0.3 is 5.97 Å². The van der Waals surface area contributed by atoms with Crippen LogP contribution in [0.4, 0.5) is 8.78 Å². The van der Waals surface area contributed by atoms with E-state index in [4.69, 9.17) is 5.11 Å². The summed E-state index contributed by atoms with van der Waals surface area (Å²) < 4.78 is 31.6. The number of aromatic nitrogens is 1. The van der Waals surface area contributed by atoms with Gasteiger partial charge in [-0.1, -0.05) is 22.9 Å². The quantitative estimate of drug-likeness (QED) is 0.924. The molecule has 19 heavy (non-hydrogen) atoms. The fraction of sp³-hybridized carbons (Fsp3) is 0.231. The highest BCUT2D eigenvalue weighted by atomic mass is 19.3. The Bertz CT molecular complexity index is 629. The molecule has 2 aromatic rings. The first-order valence-corrected chi connectivity index (χ1v) is 5.48. The van der Waals surface area contributed by atoms with Crippen molar-refractivity contribution in [2.45, 2.75) is 19.8 Å². The summed E-state index contributed by atoms with van der Waals surface area (Å²) in [5, 5.41) is 12.3. The van der Waals surface area contributed by atoms with E-state index in [1.165, 1.54) is 12.1 Å². The third-order valence-electron chi connectivity index (χ3n) is 2.64. The van der Waals surface area contributed by atoms with E-state index in [1.807, 2.05) is 0 Å². The Balaban J connectivity index is 2.59. The number of benzene rings is 1. The predicted octanol–water partition coefficient (Wildman–Crippen LogP) is 3.46. The molecule has 0 aliphatic carbocycles. The number of alkyl halides is 2. The number of hydrogen-bond acceptors (Lipinski definition) is 3. The topological polar surface area (TPSA) is 63.3 Å². The lowest BCUT2D eigenvalue weighted by atomic mass is 9.97. The second kappa shape index (κ2) is 4.46. The minimum atomic E-state index is -3.05. The molecule has 0 aliphatic heterocycles. The summed E-state index contributed by atoms with van der Waals surface area (Å²) in [5.41, 5.74) is 0.799. The number of halogens is 2. The maximum Gasteiger partial charge on any atom is 0.374 e. The van der Waals surface area contributed by atoms with Crippen molar-refractivity contribution >= 4 is 5.97 Å². The van der Waals surface area contributed by atoms with E-state index in [0.29, 0.717) is 0 Å². The Labute approximate surface area is 107 Å². The Morgan fingerprint density at radius 2 is 2.05 bits per heavy atom. The predicted molar refractivity (Wildman–Crippen MR) is 63.2 cm³/mol. The molecule has 0 saturated heterocycles. The lowest BCUT2D eigenvalue weighted by Gasteiger charge is -2.14. The van der Waals surface area contributed by atoms with Crippen molar-refractivity contribution < 1.29 is 23.2 Å². The van der Waals surface area contributed by atoms with Crippen LogP contribution < -0.4 is 0 Å². The number of nitrogens with zero attached hydrogens (tertiary/aromatic N) is 1. The Hall–Kier alpha value is -2.24. The zero-order valence-electron chi connectivity index (χ0n) is 10.3. The van der Waals surface area contributed by atoms with Crippen LogP contribution in [0.15, 0.2) is 28.8 Å². The molecule has 0 unspecified atom stereocenters. The van der Waals surface area contributed by atoms with Crippen molar-refractivity contribution in [3.05, 3.63) is 41.2 Å². The highest BCUT2D eigenvalue weighted by Gasteiger charge is 2.29. The molecule has 1 aromatic carbocycles.